The predicted octanol–water partition coefficient (Wildman–Crippen LogP) is 4.36. The van der Waals surface area contributed by atoms with Crippen LogP contribution in [0.1, 0.15) is 67.8 Å². The Hall–Kier alpha value is -1.84. The standard InChI is InChI=1S/C21H31NO3/c1-16-10-9-11-18(14-16)20(23)22(15-17(2)21(24)25-3)19-12-7-5-4-6-8-13-19/h9-11,14,17,19H,4-8,12-13,15H2,1-3H3. The smallest absolute Gasteiger partial charge is 0.310 e. The lowest BCUT2D eigenvalue weighted by atomic mass is 9.94. The van der Waals surface area contributed by atoms with Crippen LogP contribution in [0.5, 0.6) is 0 Å². The molecule has 2 rings (SSSR count). The molecule has 4 heteroatoms. The SMILES string of the molecule is COC(=O)C(C)CN(C(=O)c1cccc(C)c1)C1CCCCCCC1. The number of aryl methyl sites for hydroxylation is 1. The third-order valence-corrected chi connectivity index (χ3v) is 5.12. The van der Waals surface area contributed by atoms with Gasteiger partial charge in [-0.05, 0) is 31.9 Å². The van der Waals surface area contributed by atoms with Gasteiger partial charge in [0.15, 0.2) is 0 Å². The molecule has 25 heavy (non-hydrogen) atoms. The third-order valence-electron chi connectivity index (χ3n) is 5.12. The number of esters is 1. The average molecular weight is 345 g/mol. The quantitative estimate of drug-likeness (QED) is 0.745. The van der Waals surface area contributed by atoms with Gasteiger partial charge in [-0.15, -0.1) is 0 Å². The number of amides is 1. The van der Waals surface area contributed by atoms with Crippen molar-refractivity contribution in [3.63, 3.8) is 0 Å². The van der Waals surface area contributed by atoms with Crippen molar-refractivity contribution in [2.45, 2.75) is 64.8 Å². The van der Waals surface area contributed by atoms with Gasteiger partial charge >= 0.3 is 5.97 Å². The molecular formula is C21H31NO3. The first-order valence-corrected chi connectivity index (χ1v) is 9.48. The van der Waals surface area contributed by atoms with E-state index in [0.717, 1.165) is 31.2 Å². The van der Waals surface area contributed by atoms with E-state index in [0.29, 0.717) is 12.1 Å². The van der Waals surface area contributed by atoms with E-state index in [-0.39, 0.29) is 23.8 Å². The molecule has 0 radical (unpaired) electrons. The van der Waals surface area contributed by atoms with Crippen molar-refractivity contribution in [2.75, 3.05) is 13.7 Å². The van der Waals surface area contributed by atoms with Gasteiger partial charge in [0, 0.05) is 18.2 Å². The van der Waals surface area contributed by atoms with Crippen molar-refractivity contribution in [2.24, 2.45) is 5.92 Å². The first-order chi connectivity index (χ1) is 12.0. The molecule has 0 spiro atoms. The fraction of sp³-hybridized carbons (Fsp3) is 0.619. The molecule has 1 fully saturated rings. The molecule has 1 aliphatic carbocycles. The van der Waals surface area contributed by atoms with Gasteiger partial charge in [0.05, 0.1) is 13.0 Å². The first kappa shape index (κ1) is 19.5. The van der Waals surface area contributed by atoms with Crippen molar-refractivity contribution in [3.8, 4) is 0 Å². The van der Waals surface area contributed by atoms with Crippen LogP contribution in [-0.4, -0.2) is 36.5 Å². The minimum atomic E-state index is -0.316. The lowest BCUT2D eigenvalue weighted by Crippen LogP contribution is -2.44. The molecule has 1 unspecified atom stereocenters. The first-order valence-electron chi connectivity index (χ1n) is 9.48. The Balaban J connectivity index is 2.23. The molecule has 4 nitrogen and oxygen atoms in total. The van der Waals surface area contributed by atoms with Crippen LogP contribution in [0.2, 0.25) is 0 Å². The minimum Gasteiger partial charge on any atom is -0.469 e. The van der Waals surface area contributed by atoms with Gasteiger partial charge in [0.1, 0.15) is 0 Å². The third kappa shape index (κ3) is 5.58. The van der Waals surface area contributed by atoms with Gasteiger partial charge in [0.2, 0.25) is 0 Å². The molecule has 1 aromatic carbocycles. The Kier molecular flexibility index (Phi) is 7.48. The van der Waals surface area contributed by atoms with Gasteiger partial charge < -0.3 is 9.64 Å². The van der Waals surface area contributed by atoms with Crippen LogP contribution in [0.3, 0.4) is 0 Å². The molecule has 0 aliphatic heterocycles. The molecular weight excluding hydrogens is 314 g/mol. The van der Waals surface area contributed by atoms with Gasteiger partial charge in [-0.25, -0.2) is 0 Å². The maximum Gasteiger partial charge on any atom is 0.310 e. The number of carbonyl (C=O) groups excluding carboxylic acids is 2. The van der Waals surface area contributed by atoms with Gasteiger partial charge in [-0.2, -0.15) is 0 Å². The topological polar surface area (TPSA) is 46.6 Å². The molecule has 1 aliphatic rings. The molecule has 1 aromatic rings. The summed E-state index contributed by atoms with van der Waals surface area (Å²) in [6, 6.07) is 7.92. The Bertz CT molecular complexity index is 576. The summed E-state index contributed by atoms with van der Waals surface area (Å²) >= 11 is 0. The fourth-order valence-electron chi connectivity index (χ4n) is 3.66. The zero-order chi connectivity index (χ0) is 18.2. The van der Waals surface area contributed by atoms with E-state index in [2.05, 4.69) is 0 Å². The highest BCUT2D eigenvalue weighted by molar-refractivity contribution is 5.94. The van der Waals surface area contributed by atoms with Gasteiger partial charge in [-0.1, -0.05) is 56.7 Å². The molecule has 0 heterocycles. The second-order valence-corrected chi connectivity index (χ2v) is 7.25. The highest BCUT2D eigenvalue weighted by atomic mass is 16.5. The Labute approximate surface area is 151 Å². The maximum absolute atomic E-state index is 13.2. The van der Waals surface area contributed by atoms with Crippen LogP contribution in [0.4, 0.5) is 0 Å². The van der Waals surface area contributed by atoms with Crippen molar-refractivity contribution in [3.05, 3.63) is 35.4 Å². The number of carbonyl (C=O) groups is 2. The molecule has 1 amide bonds. The van der Waals surface area contributed by atoms with E-state index in [9.17, 15) is 9.59 Å². The normalized spacial score (nSPS) is 17.2. The minimum absolute atomic E-state index is 0.0324. The van der Waals surface area contributed by atoms with Crippen molar-refractivity contribution >= 4 is 11.9 Å². The molecule has 0 aromatic heterocycles. The lowest BCUT2D eigenvalue weighted by molar-refractivity contribution is -0.145. The second-order valence-electron chi connectivity index (χ2n) is 7.25. The number of methoxy groups -OCH3 is 1. The highest BCUT2D eigenvalue weighted by Crippen LogP contribution is 2.24. The molecule has 0 saturated heterocycles. The zero-order valence-corrected chi connectivity index (χ0v) is 15.8. The molecule has 0 bridgehead atoms. The monoisotopic (exact) mass is 345 g/mol. The van der Waals surface area contributed by atoms with E-state index in [1.807, 2.05) is 43.0 Å². The second kappa shape index (κ2) is 9.59. The maximum atomic E-state index is 13.2. The molecule has 1 saturated carbocycles. The average Bonchev–Trinajstić information content (AvgIpc) is 2.58. The van der Waals surface area contributed by atoms with E-state index >= 15 is 0 Å². The lowest BCUT2D eigenvalue weighted by Gasteiger charge is -2.34. The van der Waals surface area contributed by atoms with E-state index in [1.165, 1.54) is 26.4 Å². The number of ether oxygens (including phenoxy) is 1. The number of hydrogen-bond donors (Lipinski definition) is 0. The Morgan fingerprint density at radius 2 is 1.80 bits per heavy atom. The van der Waals surface area contributed by atoms with Crippen LogP contribution in [0.25, 0.3) is 0 Å². The van der Waals surface area contributed by atoms with E-state index in [4.69, 9.17) is 4.74 Å². The van der Waals surface area contributed by atoms with Gasteiger partial charge in [-0.3, -0.25) is 9.59 Å². The van der Waals surface area contributed by atoms with Crippen molar-refractivity contribution in [1.29, 1.82) is 0 Å². The van der Waals surface area contributed by atoms with Crippen LogP contribution in [0, 0.1) is 12.8 Å². The summed E-state index contributed by atoms with van der Waals surface area (Å²) in [6.45, 7) is 4.25. The number of nitrogens with zero attached hydrogens (tertiary/aromatic N) is 1. The molecule has 0 N–H and O–H groups in total. The summed E-state index contributed by atoms with van der Waals surface area (Å²) in [4.78, 5) is 27.1. The van der Waals surface area contributed by atoms with Crippen LogP contribution in [-0.2, 0) is 9.53 Å². The summed E-state index contributed by atoms with van der Waals surface area (Å²) < 4.78 is 4.87. The predicted molar refractivity (Wildman–Crippen MR) is 99.5 cm³/mol. The van der Waals surface area contributed by atoms with Crippen LogP contribution in [0.15, 0.2) is 24.3 Å². The largest absolute Gasteiger partial charge is 0.469 e. The highest BCUT2D eigenvalue weighted by Gasteiger charge is 2.28. The summed E-state index contributed by atoms with van der Waals surface area (Å²) in [5.74, 6) is -0.540. The molecule has 138 valence electrons. The zero-order valence-electron chi connectivity index (χ0n) is 15.8. The summed E-state index contributed by atoms with van der Waals surface area (Å²) in [5, 5.41) is 0. The number of hydrogen-bond acceptors (Lipinski definition) is 3. The fourth-order valence-corrected chi connectivity index (χ4v) is 3.66. The van der Waals surface area contributed by atoms with E-state index in [1.54, 1.807) is 0 Å². The number of benzene rings is 1. The Morgan fingerprint density at radius 1 is 1.16 bits per heavy atom. The van der Waals surface area contributed by atoms with Crippen LogP contribution >= 0.6 is 0 Å². The number of rotatable bonds is 5. The summed E-state index contributed by atoms with van der Waals surface area (Å²) in [6.07, 6.45) is 8.09. The summed E-state index contributed by atoms with van der Waals surface area (Å²) in [7, 11) is 1.40. The van der Waals surface area contributed by atoms with Crippen LogP contribution < -0.4 is 0 Å². The van der Waals surface area contributed by atoms with Gasteiger partial charge in [0.25, 0.3) is 5.91 Å². The van der Waals surface area contributed by atoms with E-state index < -0.39 is 0 Å². The summed E-state index contributed by atoms with van der Waals surface area (Å²) in [5.41, 5.74) is 1.78. The van der Waals surface area contributed by atoms with Crippen molar-refractivity contribution < 1.29 is 14.3 Å². The molecule has 1 atom stereocenters. The Morgan fingerprint density at radius 3 is 2.40 bits per heavy atom. The van der Waals surface area contributed by atoms with Crippen molar-refractivity contribution in [1.82, 2.24) is 4.90 Å².